The van der Waals surface area contributed by atoms with Crippen molar-refractivity contribution in [1.82, 2.24) is 0 Å². The average Bonchev–Trinajstić information content (AvgIpc) is 2.24. The van der Waals surface area contributed by atoms with Gasteiger partial charge in [0.25, 0.3) is 0 Å². The monoisotopic (exact) mass is 305 g/mol. The fourth-order valence-corrected chi connectivity index (χ4v) is 1.70. The van der Waals surface area contributed by atoms with Gasteiger partial charge < -0.3 is 5.73 Å². The van der Waals surface area contributed by atoms with Crippen molar-refractivity contribution in [3.05, 3.63) is 34.3 Å². The van der Waals surface area contributed by atoms with Crippen LogP contribution < -0.4 is 5.73 Å². The van der Waals surface area contributed by atoms with Gasteiger partial charge in [0.1, 0.15) is 0 Å². The molecule has 1 rings (SSSR count). The Bertz CT molecular complexity index is 440. The lowest BCUT2D eigenvalue weighted by Crippen LogP contribution is -2.17. The highest BCUT2D eigenvalue weighted by Gasteiger charge is 2.34. The maximum Gasteiger partial charge on any atom is 0.417 e. The fraction of sp³-hybridized carbons (Fsp3) is 0.455. The van der Waals surface area contributed by atoms with Gasteiger partial charge in [0, 0.05) is 12.5 Å². The Morgan fingerprint density at radius 1 is 1.11 bits per heavy atom. The largest absolute Gasteiger partial charge is 0.417 e. The first kappa shape index (κ1) is 16.1. The molecule has 0 spiro atoms. The highest BCUT2D eigenvalue weighted by Crippen LogP contribution is 2.36. The summed E-state index contributed by atoms with van der Waals surface area (Å²) >= 11 is 5.39. The molecule has 1 aromatic carbocycles. The summed E-state index contributed by atoms with van der Waals surface area (Å²) in [6.45, 7) is 0. The summed E-state index contributed by atoms with van der Waals surface area (Å²) in [7, 11) is 0. The van der Waals surface area contributed by atoms with Crippen LogP contribution in [0.15, 0.2) is 18.2 Å². The van der Waals surface area contributed by atoms with E-state index in [9.17, 15) is 26.3 Å². The van der Waals surface area contributed by atoms with Crippen molar-refractivity contribution < 1.29 is 26.3 Å². The van der Waals surface area contributed by atoms with E-state index in [1.165, 1.54) is 6.07 Å². The molecule has 1 atom stereocenters. The summed E-state index contributed by atoms with van der Waals surface area (Å²) in [6, 6.07) is 1.73. The Morgan fingerprint density at radius 3 is 2.16 bits per heavy atom. The zero-order chi connectivity index (χ0) is 14.8. The highest BCUT2D eigenvalue weighted by molar-refractivity contribution is 6.31. The third kappa shape index (κ3) is 4.91. The molecule has 0 amide bonds. The van der Waals surface area contributed by atoms with Gasteiger partial charge in [-0.1, -0.05) is 17.7 Å². The van der Waals surface area contributed by atoms with Crippen molar-refractivity contribution in [2.45, 2.75) is 31.2 Å². The lowest BCUT2D eigenvalue weighted by molar-refractivity contribution is -0.138. The van der Waals surface area contributed by atoms with Crippen LogP contribution in [0.5, 0.6) is 0 Å². The number of hydrogen-bond donors (Lipinski definition) is 1. The Hall–Kier alpha value is -0.950. The van der Waals surface area contributed by atoms with Crippen LogP contribution in [0.4, 0.5) is 26.3 Å². The van der Waals surface area contributed by atoms with E-state index in [1.54, 1.807) is 0 Å². The molecule has 0 heterocycles. The van der Waals surface area contributed by atoms with Crippen molar-refractivity contribution in [2.75, 3.05) is 0 Å². The predicted molar refractivity (Wildman–Crippen MR) is 58.7 cm³/mol. The lowest BCUT2D eigenvalue weighted by atomic mass is 10.0. The molecule has 0 aromatic heterocycles. The number of alkyl halides is 6. The van der Waals surface area contributed by atoms with E-state index in [-0.39, 0.29) is 5.56 Å². The SMILES string of the molecule is N[C@H](CCC(F)(F)F)c1ccc(Cl)c(C(F)(F)F)c1. The molecule has 0 aliphatic carbocycles. The molecule has 1 aromatic rings. The van der Waals surface area contributed by atoms with Gasteiger partial charge >= 0.3 is 12.4 Å². The summed E-state index contributed by atoms with van der Waals surface area (Å²) in [5, 5.41) is -0.515. The minimum absolute atomic E-state index is 0.0269. The molecule has 0 saturated carbocycles. The van der Waals surface area contributed by atoms with E-state index in [0.717, 1.165) is 6.07 Å². The van der Waals surface area contributed by atoms with Crippen LogP contribution in [0.25, 0.3) is 0 Å². The van der Waals surface area contributed by atoms with Gasteiger partial charge in [-0.25, -0.2) is 0 Å². The Morgan fingerprint density at radius 2 is 1.68 bits per heavy atom. The van der Waals surface area contributed by atoms with Crippen LogP contribution in [0.1, 0.15) is 30.0 Å². The summed E-state index contributed by atoms with van der Waals surface area (Å²) in [5.41, 5.74) is 4.32. The second-order valence-corrected chi connectivity index (χ2v) is 4.40. The summed E-state index contributed by atoms with van der Waals surface area (Å²) in [6.07, 6.45) is -10.7. The fourth-order valence-electron chi connectivity index (χ4n) is 1.48. The third-order valence-electron chi connectivity index (χ3n) is 2.46. The van der Waals surface area contributed by atoms with Crippen molar-refractivity contribution in [3.63, 3.8) is 0 Å². The number of halogens is 7. The molecular weight excluding hydrogens is 296 g/mol. The van der Waals surface area contributed by atoms with E-state index >= 15 is 0 Å². The Labute approximate surface area is 110 Å². The molecule has 0 fully saturated rings. The van der Waals surface area contributed by atoms with Crippen molar-refractivity contribution in [1.29, 1.82) is 0 Å². The van der Waals surface area contributed by atoms with Gasteiger partial charge in [-0.15, -0.1) is 0 Å². The molecule has 0 unspecified atom stereocenters. The van der Waals surface area contributed by atoms with Gasteiger partial charge in [-0.05, 0) is 24.1 Å². The minimum Gasteiger partial charge on any atom is -0.324 e. The minimum atomic E-state index is -4.67. The summed E-state index contributed by atoms with van der Waals surface area (Å²) in [4.78, 5) is 0. The highest BCUT2D eigenvalue weighted by atomic mass is 35.5. The summed E-state index contributed by atoms with van der Waals surface area (Å²) < 4.78 is 73.7. The molecular formula is C11H10ClF6N. The quantitative estimate of drug-likeness (QED) is 0.805. The molecule has 0 radical (unpaired) electrons. The van der Waals surface area contributed by atoms with Gasteiger partial charge in [0.15, 0.2) is 0 Å². The zero-order valence-corrected chi connectivity index (χ0v) is 10.2. The number of benzene rings is 1. The van der Waals surface area contributed by atoms with Crippen molar-refractivity contribution >= 4 is 11.6 Å². The lowest BCUT2D eigenvalue weighted by Gasteiger charge is -2.16. The first-order valence-electron chi connectivity index (χ1n) is 5.19. The average molecular weight is 306 g/mol. The number of nitrogens with two attached hydrogens (primary N) is 1. The van der Waals surface area contributed by atoms with Crippen molar-refractivity contribution in [2.24, 2.45) is 5.73 Å². The molecule has 0 bridgehead atoms. The van der Waals surface area contributed by atoms with E-state index in [1.807, 2.05) is 0 Å². The molecule has 0 aliphatic rings. The maximum atomic E-state index is 12.6. The molecule has 0 saturated heterocycles. The second-order valence-electron chi connectivity index (χ2n) is 4.00. The van der Waals surface area contributed by atoms with Crippen molar-refractivity contribution in [3.8, 4) is 0 Å². The van der Waals surface area contributed by atoms with Gasteiger partial charge in [-0.2, -0.15) is 26.3 Å². The summed E-state index contributed by atoms with van der Waals surface area (Å²) in [5.74, 6) is 0. The standard InChI is InChI=1S/C11H10ClF6N/c12-8-2-1-6(5-7(8)11(16,17)18)9(19)3-4-10(13,14)15/h1-2,5,9H,3-4,19H2/t9-/m1/s1. The molecule has 2 N–H and O–H groups in total. The normalized spacial score (nSPS) is 14.5. The zero-order valence-electron chi connectivity index (χ0n) is 9.45. The second kappa shape index (κ2) is 5.58. The van der Waals surface area contributed by atoms with E-state index < -0.39 is 41.8 Å². The van der Waals surface area contributed by atoms with Crippen LogP contribution >= 0.6 is 11.6 Å². The third-order valence-corrected chi connectivity index (χ3v) is 2.79. The topological polar surface area (TPSA) is 26.0 Å². The van der Waals surface area contributed by atoms with Gasteiger partial charge in [0.05, 0.1) is 10.6 Å². The van der Waals surface area contributed by atoms with Crippen LogP contribution in [0, 0.1) is 0 Å². The number of hydrogen-bond acceptors (Lipinski definition) is 1. The molecule has 0 aliphatic heterocycles. The maximum absolute atomic E-state index is 12.6. The van der Waals surface area contributed by atoms with E-state index in [4.69, 9.17) is 17.3 Å². The first-order chi connectivity index (χ1) is 8.50. The molecule has 1 nitrogen and oxygen atoms in total. The van der Waals surface area contributed by atoms with Crippen LogP contribution in [0.2, 0.25) is 5.02 Å². The van der Waals surface area contributed by atoms with Gasteiger partial charge in [-0.3, -0.25) is 0 Å². The molecule has 8 heteroatoms. The van der Waals surface area contributed by atoms with E-state index in [0.29, 0.717) is 6.07 Å². The van der Waals surface area contributed by atoms with E-state index in [2.05, 4.69) is 0 Å². The predicted octanol–water partition coefficient (Wildman–Crippen LogP) is 4.70. The first-order valence-corrected chi connectivity index (χ1v) is 5.57. The van der Waals surface area contributed by atoms with Crippen LogP contribution in [-0.4, -0.2) is 6.18 Å². The smallest absolute Gasteiger partial charge is 0.324 e. The van der Waals surface area contributed by atoms with Crippen LogP contribution in [-0.2, 0) is 6.18 Å². The Kier molecular flexibility index (Phi) is 4.73. The van der Waals surface area contributed by atoms with Crippen LogP contribution in [0.3, 0.4) is 0 Å². The number of rotatable bonds is 3. The molecule has 108 valence electrons. The molecule has 19 heavy (non-hydrogen) atoms. The van der Waals surface area contributed by atoms with Gasteiger partial charge in [0.2, 0.25) is 0 Å². The Balaban J connectivity index is 2.90.